The number of halogens is 1. The average Bonchev–Trinajstić information content (AvgIpc) is 2.28. The molecular formula is C13H15FO2. The molecule has 0 fully saturated rings. The van der Waals surface area contributed by atoms with Gasteiger partial charge in [0.05, 0.1) is 11.7 Å². The molecule has 0 radical (unpaired) electrons. The van der Waals surface area contributed by atoms with Crippen LogP contribution in [0.1, 0.15) is 25.8 Å². The van der Waals surface area contributed by atoms with Crippen LogP contribution in [0, 0.1) is 17.7 Å². The van der Waals surface area contributed by atoms with Crippen molar-refractivity contribution in [1.29, 1.82) is 0 Å². The van der Waals surface area contributed by atoms with E-state index in [1.807, 2.05) is 13.8 Å². The van der Waals surface area contributed by atoms with Gasteiger partial charge in [0.2, 0.25) is 0 Å². The van der Waals surface area contributed by atoms with Gasteiger partial charge in [0.15, 0.2) is 0 Å². The van der Waals surface area contributed by atoms with E-state index >= 15 is 0 Å². The predicted octanol–water partition coefficient (Wildman–Crippen LogP) is 2.35. The highest BCUT2D eigenvalue weighted by molar-refractivity contribution is 5.46. The zero-order chi connectivity index (χ0) is 12.0. The Morgan fingerprint density at radius 3 is 2.88 bits per heavy atom. The van der Waals surface area contributed by atoms with Crippen molar-refractivity contribution in [2.45, 2.75) is 26.4 Å². The van der Waals surface area contributed by atoms with Gasteiger partial charge in [0.25, 0.3) is 0 Å². The SMILES string of the molecule is CCC(C)Oc1cc(F)ccc1C#CCO. The zero-order valence-corrected chi connectivity index (χ0v) is 9.46. The zero-order valence-electron chi connectivity index (χ0n) is 9.46. The van der Waals surface area contributed by atoms with Crippen molar-refractivity contribution in [3.8, 4) is 17.6 Å². The lowest BCUT2D eigenvalue weighted by Crippen LogP contribution is -2.10. The smallest absolute Gasteiger partial charge is 0.138 e. The predicted molar refractivity (Wildman–Crippen MR) is 60.7 cm³/mol. The minimum Gasteiger partial charge on any atom is -0.489 e. The first-order valence-corrected chi connectivity index (χ1v) is 5.23. The maximum Gasteiger partial charge on any atom is 0.138 e. The molecule has 0 saturated carbocycles. The van der Waals surface area contributed by atoms with Crippen molar-refractivity contribution in [1.82, 2.24) is 0 Å². The molecule has 0 aliphatic rings. The average molecular weight is 222 g/mol. The molecule has 1 aromatic rings. The molecule has 0 bridgehead atoms. The lowest BCUT2D eigenvalue weighted by molar-refractivity contribution is 0.216. The van der Waals surface area contributed by atoms with Crippen molar-refractivity contribution >= 4 is 0 Å². The molecule has 1 aromatic carbocycles. The first-order chi connectivity index (χ1) is 7.67. The summed E-state index contributed by atoms with van der Waals surface area (Å²) in [7, 11) is 0. The molecule has 0 heterocycles. The van der Waals surface area contributed by atoms with Crippen LogP contribution in [-0.2, 0) is 0 Å². The Balaban J connectivity index is 2.98. The number of ether oxygens (including phenoxy) is 1. The third-order valence-corrected chi connectivity index (χ3v) is 2.15. The summed E-state index contributed by atoms with van der Waals surface area (Å²) in [5.41, 5.74) is 0.593. The molecule has 1 unspecified atom stereocenters. The number of benzene rings is 1. The van der Waals surface area contributed by atoms with Crippen molar-refractivity contribution in [3.63, 3.8) is 0 Å². The summed E-state index contributed by atoms with van der Waals surface area (Å²) in [5.74, 6) is 5.32. The summed E-state index contributed by atoms with van der Waals surface area (Å²) in [6.07, 6.45) is 0.847. The van der Waals surface area contributed by atoms with Crippen LogP contribution >= 0.6 is 0 Å². The Kier molecular flexibility index (Phi) is 4.81. The fourth-order valence-electron chi connectivity index (χ4n) is 1.13. The second-order valence-corrected chi connectivity index (χ2v) is 3.44. The van der Waals surface area contributed by atoms with E-state index in [2.05, 4.69) is 11.8 Å². The van der Waals surface area contributed by atoms with E-state index in [9.17, 15) is 4.39 Å². The van der Waals surface area contributed by atoms with Gasteiger partial charge in [-0.05, 0) is 25.5 Å². The maximum absolute atomic E-state index is 13.0. The van der Waals surface area contributed by atoms with E-state index in [1.54, 1.807) is 6.07 Å². The van der Waals surface area contributed by atoms with Crippen LogP contribution < -0.4 is 4.74 Å². The second-order valence-electron chi connectivity index (χ2n) is 3.44. The molecule has 0 aromatic heterocycles. The highest BCUT2D eigenvalue weighted by Gasteiger charge is 2.07. The summed E-state index contributed by atoms with van der Waals surface area (Å²) in [6.45, 7) is 3.68. The van der Waals surface area contributed by atoms with Gasteiger partial charge in [-0.2, -0.15) is 0 Å². The molecule has 16 heavy (non-hydrogen) atoms. The molecule has 1 rings (SSSR count). The van der Waals surface area contributed by atoms with Gasteiger partial charge < -0.3 is 9.84 Å². The van der Waals surface area contributed by atoms with Gasteiger partial charge in [0.1, 0.15) is 18.2 Å². The molecule has 0 amide bonds. The summed E-state index contributed by atoms with van der Waals surface area (Å²) in [6, 6.07) is 4.19. The normalized spacial score (nSPS) is 11.5. The van der Waals surface area contributed by atoms with Crippen LogP contribution in [0.15, 0.2) is 18.2 Å². The van der Waals surface area contributed by atoms with Crippen molar-refractivity contribution < 1.29 is 14.2 Å². The quantitative estimate of drug-likeness (QED) is 0.795. The Morgan fingerprint density at radius 2 is 2.25 bits per heavy atom. The van der Waals surface area contributed by atoms with Gasteiger partial charge in [-0.15, -0.1) is 0 Å². The van der Waals surface area contributed by atoms with Gasteiger partial charge in [-0.3, -0.25) is 0 Å². The highest BCUT2D eigenvalue weighted by Crippen LogP contribution is 2.20. The van der Waals surface area contributed by atoms with Crippen LogP contribution in [0.2, 0.25) is 0 Å². The van der Waals surface area contributed by atoms with E-state index in [0.717, 1.165) is 6.42 Å². The van der Waals surface area contributed by atoms with E-state index in [4.69, 9.17) is 9.84 Å². The Labute approximate surface area is 95.1 Å². The highest BCUT2D eigenvalue weighted by atomic mass is 19.1. The van der Waals surface area contributed by atoms with E-state index in [-0.39, 0.29) is 18.5 Å². The van der Waals surface area contributed by atoms with Crippen molar-refractivity contribution in [3.05, 3.63) is 29.6 Å². The molecule has 0 aliphatic heterocycles. The number of aliphatic hydroxyl groups excluding tert-OH is 1. The molecule has 0 spiro atoms. The Bertz CT molecular complexity index is 404. The topological polar surface area (TPSA) is 29.5 Å². The van der Waals surface area contributed by atoms with Gasteiger partial charge in [0, 0.05) is 6.07 Å². The number of rotatable bonds is 3. The number of hydrogen-bond acceptors (Lipinski definition) is 2. The minimum atomic E-state index is -0.354. The molecule has 86 valence electrons. The van der Waals surface area contributed by atoms with Crippen LogP contribution in [0.4, 0.5) is 4.39 Å². The summed E-state index contributed by atoms with van der Waals surface area (Å²) in [4.78, 5) is 0. The van der Waals surface area contributed by atoms with Crippen molar-refractivity contribution in [2.75, 3.05) is 6.61 Å². The molecule has 0 aliphatic carbocycles. The maximum atomic E-state index is 13.0. The van der Waals surface area contributed by atoms with Gasteiger partial charge in [-0.25, -0.2) is 4.39 Å². The van der Waals surface area contributed by atoms with E-state index in [1.165, 1.54) is 12.1 Å². The monoisotopic (exact) mass is 222 g/mol. The van der Waals surface area contributed by atoms with Crippen molar-refractivity contribution in [2.24, 2.45) is 0 Å². The van der Waals surface area contributed by atoms with Crippen LogP contribution in [0.5, 0.6) is 5.75 Å². The van der Waals surface area contributed by atoms with Gasteiger partial charge >= 0.3 is 0 Å². The van der Waals surface area contributed by atoms with E-state index < -0.39 is 0 Å². The summed E-state index contributed by atoms with van der Waals surface area (Å²) in [5, 5.41) is 8.61. The molecule has 1 atom stereocenters. The lowest BCUT2D eigenvalue weighted by atomic mass is 10.2. The molecule has 1 N–H and O–H groups in total. The first kappa shape index (κ1) is 12.5. The third-order valence-electron chi connectivity index (χ3n) is 2.15. The minimum absolute atomic E-state index is 0.0106. The number of aliphatic hydroxyl groups is 1. The van der Waals surface area contributed by atoms with Gasteiger partial charge in [-0.1, -0.05) is 18.8 Å². The Morgan fingerprint density at radius 1 is 1.50 bits per heavy atom. The van der Waals surface area contributed by atoms with Crippen LogP contribution in [-0.4, -0.2) is 17.8 Å². The fourth-order valence-corrected chi connectivity index (χ4v) is 1.13. The summed E-state index contributed by atoms with van der Waals surface area (Å²) < 4.78 is 18.6. The first-order valence-electron chi connectivity index (χ1n) is 5.23. The van der Waals surface area contributed by atoms with E-state index in [0.29, 0.717) is 11.3 Å². The standard InChI is InChI=1S/C13H15FO2/c1-3-10(2)16-13-9-12(14)7-6-11(13)5-4-8-15/h6-7,9-10,15H,3,8H2,1-2H3. The second kappa shape index (κ2) is 6.14. The van der Waals surface area contributed by atoms with Crippen LogP contribution in [0.3, 0.4) is 0 Å². The molecule has 2 nitrogen and oxygen atoms in total. The molecular weight excluding hydrogens is 207 g/mol. The Hall–Kier alpha value is -1.53. The summed E-state index contributed by atoms with van der Waals surface area (Å²) >= 11 is 0. The fraction of sp³-hybridized carbons (Fsp3) is 0.385. The number of hydrogen-bond donors (Lipinski definition) is 1. The third kappa shape index (κ3) is 3.56. The molecule has 0 saturated heterocycles. The molecule has 3 heteroatoms. The lowest BCUT2D eigenvalue weighted by Gasteiger charge is -2.13. The largest absolute Gasteiger partial charge is 0.489 e. The van der Waals surface area contributed by atoms with Crippen LogP contribution in [0.25, 0.3) is 0 Å².